The number of carbonyl (C=O) groups is 1. The summed E-state index contributed by atoms with van der Waals surface area (Å²) < 4.78 is 19.8. The van der Waals surface area contributed by atoms with Crippen LogP contribution in [0.1, 0.15) is 46.8 Å². The van der Waals surface area contributed by atoms with Crippen molar-refractivity contribution in [1.29, 1.82) is 0 Å². The van der Waals surface area contributed by atoms with Crippen LogP contribution in [0.4, 0.5) is 4.39 Å². The van der Waals surface area contributed by atoms with Gasteiger partial charge in [-0.2, -0.15) is 0 Å². The zero-order valence-corrected chi connectivity index (χ0v) is 20.2. The number of nitrogens with zero attached hydrogens (tertiary/aromatic N) is 3. The first-order chi connectivity index (χ1) is 16.9. The molecule has 0 amide bonds. The molecule has 8 heteroatoms. The maximum atomic E-state index is 14.0. The van der Waals surface area contributed by atoms with E-state index in [-0.39, 0.29) is 6.61 Å². The van der Waals surface area contributed by atoms with Crippen molar-refractivity contribution >= 4 is 23.6 Å². The van der Waals surface area contributed by atoms with Gasteiger partial charge in [-0.25, -0.2) is 14.2 Å². The number of aromatic nitrogens is 2. The third kappa shape index (κ3) is 6.87. The van der Waals surface area contributed by atoms with Gasteiger partial charge < -0.3 is 9.84 Å². The molecule has 1 aromatic carbocycles. The van der Waals surface area contributed by atoms with Crippen LogP contribution in [0.2, 0.25) is 5.02 Å². The van der Waals surface area contributed by atoms with E-state index in [4.69, 9.17) is 21.4 Å². The van der Waals surface area contributed by atoms with Crippen molar-refractivity contribution in [3.05, 3.63) is 93.7 Å². The topological polar surface area (TPSA) is 75.5 Å². The Labute approximate surface area is 209 Å². The highest BCUT2D eigenvalue weighted by atomic mass is 35.5. The van der Waals surface area contributed by atoms with Gasteiger partial charge in [0.05, 0.1) is 5.69 Å². The molecule has 0 unspecified atom stereocenters. The maximum Gasteiger partial charge on any atom is 0.328 e. The lowest BCUT2D eigenvalue weighted by atomic mass is 9.93. The first-order valence-electron chi connectivity index (χ1n) is 11.5. The van der Waals surface area contributed by atoms with Gasteiger partial charge in [0.15, 0.2) is 0 Å². The molecule has 0 aliphatic carbocycles. The number of rotatable bonds is 8. The van der Waals surface area contributed by atoms with Crippen molar-refractivity contribution in [1.82, 2.24) is 14.9 Å². The van der Waals surface area contributed by atoms with Gasteiger partial charge in [0.2, 0.25) is 5.88 Å². The molecule has 1 aliphatic rings. The van der Waals surface area contributed by atoms with E-state index in [2.05, 4.69) is 14.9 Å². The SMILES string of the molecule is Cc1cc(C=CC(=O)O)cnc1CN1CCC(c2cccc(OCc3ccc(Cl)cc3F)n2)CC1. The minimum atomic E-state index is -0.975. The molecule has 6 nitrogen and oxygen atoms in total. The average molecular weight is 496 g/mol. The molecule has 35 heavy (non-hydrogen) atoms. The van der Waals surface area contributed by atoms with Crippen LogP contribution in [0.25, 0.3) is 6.08 Å². The van der Waals surface area contributed by atoms with Gasteiger partial charge in [-0.3, -0.25) is 9.88 Å². The normalized spacial score (nSPS) is 14.9. The molecule has 3 aromatic rings. The molecule has 0 spiro atoms. The minimum absolute atomic E-state index is 0.0924. The number of pyridine rings is 2. The standard InChI is InChI=1S/C27H27ClFN3O3/c1-18-13-19(5-8-27(33)34)15-30-25(18)16-32-11-9-20(10-12-32)24-3-2-4-26(31-24)35-17-21-6-7-22(28)14-23(21)29/h2-8,13-15,20H,9-12,16-17H2,1H3,(H,33,34). The molecule has 1 aliphatic heterocycles. The Morgan fingerprint density at radius 2 is 2.06 bits per heavy atom. The molecular weight excluding hydrogens is 469 g/mol. The summed E-state index contributed by atoms with van der Waals surface area (Å²) >= 11 is 5.81. The fraction of sp³-hybridized carbons (Fsp3) is 0.296. The highest BCUT2D eigenvalue weighted by Gasteiger charge is 2.22. The number of piperidine rings is 1. The second-order valence-electron chi connectivity index (χ2n) is 8.68. The maximum absolute atomic E-state index is 14.0. The molecule has 1 fully saturated rings. The van der Waals surface area contributed by atoms with E-state index in [1.165, 1.54) is 6.07 Å². The molecule has 4 rings (SSSR count). The highest BCUT2D eigenvalue weighted by molar-refractivity contribution is 6.30. The Balaban J connectivity index is 1.31. The van der Waals surface area contributed by atoms with Crippen molar-refractivity contribution in [2.45, 2.75) is 38.8 Å². The Morgan fingerprint density at radius 3 is 2.77 bits per heavy atom. The molecule has 0 saturated carbocycles. The number of hydrogen-bond donors (Lipinski definition) is 1. The predicted octanol–water partition coefficient (Wildman–Crippen LogP) is 5.63. The minimum Gasteiger partial charge on any atom is -0.478 e. The van der Waals surface area contributed by atoms with E-state index in [0.717, 1.165) is 61.1 Å². The van der Waals surface area contributed by atoms with Crippen LogP contribution >= 0.6 is 11.6 Å². The first-order valence-corrected chi connectivity index (χ1v) is 11.9. The van der Waals surface area contributed by atoms with Crippen LogP contribution in [-0.4, -0.2) is 39.0 Å². The summed E-state index contributed by atoms with van der Waals surface area (Å²) in [6.07, 6.45) is 6.32. The third-order valence-electron chi connectivity index (χ3n) is 6.14. The quantitative estimate of drug-likeness (QED) is 0.408. The summed E-state index contributed by atoms with van der Waals surface area (Å²) in [4.78, 5) is 22.3. The first kappa shape index (κ1) is 24.8. The van der Waals surface area contributed by atoms with Crippen LogP contribution in [-0.2, 0) is 17.9 Å². The summed E-state index contributed by atoms with van der Waals surface area (Å²) in [5.74, 6) is -0.551. The average Bonchev–Trinajstić information content (AvgIpc) is 2.84. The fourth-order valence-corrected chi connectivity index (χ4v) is 4.34. The number of halogens is 2. The smallest absolute Gasteiger partial charge is 0.328 e. The molecule has 0 atom stereocenters. The van der Waals surface area contributed by atoms with Gasteiger partial charge in [0.1, 0.15) is 12.4 Å². The molecule has 182 valence electrons. The van der Waals surface area contributed by atoms with Crippen LogP contribution in [0.5, 0.6) is 5.88 Å². The van der Waals surface area contributed by atoms with E-state index in [0.29, 0.717) is 22.4 Å². The molecule has 1 N–H and O–H groups in total. The number of likely N-dealkylation sites (tertiary alicyclic amines) is 1. The number of aryl methyl sites for hydroxylation is 1. The van der Waals surface area contributed by atoms with E-state index >= 15 is 0 Å². The molecule has 2 aromatic heterocycles. The number of ether oxygens (including phenoxy) is 1. The van der Waals surface area contributed by atoms with Crippen molar-refractivity contribution < 1.29 is 19.0 Å². The number of carboxylic acids is 1. The van der Waals surface area contributed by atoms with Crippen LogP contribution in [0, 0.1) is 12.7 Å². The number of hydrogen-bond acceptors (Lipinski definition) is 5. The fourth-order valence-electron chi connectivity index (χ4n) is 4.18. The van der Waals surface area contributed by atoms with Crippen LogP contribution < -0.4 is 4.74 Å². The monoisotopic (exact) mass is 495 g/mol. The predicted molar refractivity (Wildman–Crippen MR) is 133 cm³/mol. The second kappa shape index (κ2) is 11.4. The van der Waals surface area contributed by atoms with Gasteiger partial charge in [-0.15, -0.1) is 0 Å². The zero-order valence-electron chi connectivity index (χ0n) is 19.5. The van der Waals surface area contributed by atoms with Gasteiger partial charge >= 0.3 is 5.97 Å². The van der Waals surface area contributed by atoms with E-state index in [1.54, 1.807) is 30.5 Å². The molecule has 3 heterocycles. The zero-order chi connectivity index (χ0) is 24.8. The molecule has 1 saturated heterocycles. The van der Waals surface area contributed by atoms with Crippen LogP contribution in [0.3, 0.4) is 0 Å². The van der Waals surface area contributed by atoms with Crippen LogP contribution in [0.15, 0.2) is 54.7 Å². The number of benzene rings is 1. The Bertz CT molecular complexity index is 1230. The molecular formula is C27H27ClFN3O3. The summed E-state index contributed by atoms with van der Waals surface area (Å²) in [6.45, 7) is 4.70. The van der Waals surface area contributed by atoms with Crippen molar-refractivity contribution in [2.24, 2.45) is 0 Å². The van der Waals surface area contributed by atoms with Gasteiger partial charge in [-0.1, -0.05) is 23.7 Å². The third-order valence-corrected chi connectivity index (χ3v) is 6.38. The summed E-state index contributed by atoms with van der Waals surface area (Å²) in [5, 5.41) is 9.14. The van der Waals surface area contributed by atoms with Gasteiger partial charge in [-0.05, 0) is 74.3 Å². The lowest BCUT2D eigenvalue weighted by Gasteiger charge is -2.31. The highest BCUT2D eigenvalue weighted by Crippen LogP contribution is 2.29. The number of carboxylic acid groups (broad SMARTS) is 1. The van der Waals surface area contributed by atoms with E-state index in [1.807, 2.05) is 25.1 Å². The van der Waals surface area contributed by atoms with Crippen molar-refractivity contribution in [3.63, 3.8) is 0 Å². The largest absolute Gasteiger partial charge is 0.478 e. The Hall–Kier alpha value is -3.29. The summed E-state index contributed by atoms with van der Waals surface area (Å²) in [6, 6.07) is 12.2. The summed E-state index contributed by atoms with van der Waals surface area (Å²) in [5.41, 5.74) is 4.24. The second-order valence-corrected chi connectivity index (χ2v) is 9.12. The lowest BCUT2D eigenvalue weighted by molar-refractivity contribution is -0.131. The van der Waals surface area contributed by atoms with Crippen molar-refractivity contribution in [2.75, 3.05) is 13.1 Å². The molecule has 0 bridgehead atoms. The van der Waals surface area contributed by atoms with Gasteiger partial charge in [0.25, 0.3) is 0 Å². The lowest BCUT2D eigenvalue weighted by Crippen LogP contribution is -2.33. The molecule has 0 radical (unpaired) electrons. The Morgan fingerprint density at radius 1 is 1.26 bits per heavy atom. The number of aliphatic carboxylic acids is 1. The summed E-state index contributed by atoms with van der Waals surface area (Å²) in [7, 11) is 0. The Kier molecular flexibility index (Phi) is 8.10. The van der Waals surface area contributed by atoms with Gasteiger partial charge in [0, 0.05) is 47.1 Å². The van der Waals surface area contributed by atoms with E-state index < -0.39 is 11.8 Å². The van der Waals surface area contributed by atoms with E-state index in [9.17, 15) is 9.18 Å². The van der Waals surface area contributed by atoms with Crippen molar-refractivity contribution in [3.8, 4) is 5.88 Å².